The van der Waals surface area contributed by atoms with Gasteiger partial charge in [0.15, 0.2) is 0 Å². The minimum absolute atomic E-state index is 0.180. The maximum atomic E-state index is 12.5. The number of sulfonamides is 1. The number of nitrogens with one attached hydrogen (secondary N) is 2. The third kappa shape index (κ3) is 2.90. The number of rotatable bonds is 5. The van der Waals surface area contributed by atoms with E-state index in [1.54, 1.807) is 13.8 Å². The molecule has 1 aromatic carbocycles. The molecule has 1 atom stereocenters. The van der Waals surface area contributed by atoms with E-state index in [9.17, 15) is 8.42 Å². The Morgan fingerprint density at radius 1 is 1.30 bits per heavy atom. The molecule has 1 aromatic heterocycles. The first-order valence-corrected chi connectivity index (χ1v) is 7.73. The lowest BCUT2D eigenvalue weighted by molar-refractivity contribution is 0.557. The van der Waals surface area contributed by atoms with Crippen molar-refractivity contribution in [2.24, 2.45) is 5.73 Å². The normalized spacial score (nSPS) is 13.3. The zero-order chi connectivity index (χ0) is 14.8. The van der Waals surface area contributed by atoms with Crippen molar-refractivity contribution in [1.82, 2.24) is 14.9 Å². The van der Waals surface area contributed by atoms with Gasteiger partial charge >= 0.3 is 0 Å². The van der Waals surface area contributed by atoms with Crippen LogP contribution in [0.4, 0.5) is 0 Å². The lowest BCUT2D eigenvalue weighted by Gasteiger charge is -2.17. The highest BCUT2D eigenvalue weighted by atomic mass is 32.2. The standard InChI is InChI=1S/C13H18N4O2S/c1-9-13(10(2)16-15-9)20(18,19)17-12(8-14)11-6-4-3-5-7-11/h3-7,12,17H,8,14H2,1-2H3,(H,15,16). The maximum absolute atomic E-state index is 12.5. The number of aromatic amines is 1. The number of H-pyrrole nitrogens is 1. The second-order valence-electron chi connectivity index (χ2n) is 4.58. The number of aryl methyl sites for hydroxylation is 2. The third-order valence-electron chi connectivity index (χ3n) is 3.06. The predicted molar refractivity (Wildman–Crippen MR) is 76.6 cm³/mol. The molecule has 7 heteroatoms. The van der Waals surface area contributed by atoms with Gasteiger partial charge < -0.3 is 5.73 Å². The molecule has 0 radical (unpaired) electrons. The van der Waals surface area contributed by atoms with Crippen molar-refractivity contribution in [2.75, 3.05) is 6.54 Å². The molecule has 0 spiro atoms. The van der Waals surface area contributed by atoms with E-state index in [4.69, 9.17) is 5.73 Å². The van der Waals surface area contributed by atoms with Gasteiger partial charge in [0, 0.05) is 6.54 Å². The molecular formula is C13H18N4O2S. The molecule has 0 aliphatic heterocycles. The van der Waals surface area contributed by atoms with Crippen LogP contribution in [-0.2, 0) is 10.0 Å². The molecule has 1 unspecified atom stereocenters. The van der Waals surface area contributed by atoms with Crippen molar-refractivity contribution >= 4 is 10.0 Å². The van der Waals surface area contributed by atoms with Crippen LogP contribution in [0.25, 0.3) is 0 Å². The molecule has 0 amide bonds. The van der Waals surface area contributed by atoms with E-state index in [1.165, 1.54) is 0 Å². The van der Waals surface area contributed by atoms with Crippen molar-refractivity contribution in [3.05, 3.63) is 47.3 Å². The van der Waals surface area contributed by atoms with Crippen LogP contribution < -0.4 is 10.5 Å². The Balaban J connectivity index is 2.32. The minimum Gasteiger partial charge on any atom is -0.329 e. The number of nitrogens with two attached hydrogens (primary N) is 1. The van der Waals surface area contributed by atoms with Gasteiger partial charge in [0.1, 0.15) is 4.90 Å². The highest BCUT2D eigenvalue weighted by Crippen LogP contribution is 2.20. The summed E-state index contributed by atoms with van der Waals surface area (Å²) in [6, 6.07) is 8.79. The first kappa shape index (κ1) is 14.7. The molecule has 0 saturated heterocycles. The summed E-state index contributed by atoms with van der Waals surface area (Å²) in [6.45, 7) is 3.51. The lowest BCUT2D eigenvalue weighted by atomic mass is 10.1. The van der Waals surface area contributed by atoms with Crippen LogP contribution in [0.3, 0.4) is 0 Å². The highest BCUT2D eigenvalue weighted by molar-refractivity contribution is 7.89. The predicted octanol–water partition coefficient (Wildman–Crippen LogP) is 1.00. The molecule has 1 heterocycles. The Morgan fingerprint density at radius 2 is 1.95 bits per heavy atom. The Morgan fingerprint density at radius 3 is 2.45 bits per heavy atom. The molecule has 2 rings (SSSR count). The Bertz CT molecular complexity index is 660. The fraction of sp³-hybridized carbons (Fsp3) is 0.308. The van der Waals surface area contributed by atoms with Crippen molar-refractivity contribution in [2.45, 2.75) is 24.8 Å². The summed E-state index contributed by atoms with van der Waals surface area (Å²) < 4.78 is 27.5. The zero-order valence-electron chi connectivity index (χ0n) is 11.4. The van der Waals surface area contributed by atoms with Crippen LogP contribution in [0.1, 0.15) is 23.0 Å². The van der Waals surface area contributed by atoms with Gasteiger partial charge in [-0.1, -0.05) is 30.3 Å². The second kappa shape index (κ2) is 5.74. The van der Waals surface area contributed by atoms with Crippen LogP contribution in [0.2, 0.25) is 0 Å². The topological polar surface area (TPSA) is 101 Å². The number of benzene rings is 1. The molecule has 4 N–H and O–H groups in total. The van der Waals surface area contributed by atoms with Crippen molar-refractivity contribution in [3.8, 4) is 0 Å². The van der Waals surface area contributed by atoms with E-state index in [-0.39, 0.29) is 11.4 Å². The van der Waals surface area contributed by atoms with Gasteiger partial charge in [-0.05, 0) is 19.4 Å². The maximum Gasteiger partial charge on any atom is 0.244 e. The summed E-state index contributed by atoms with van der Waals surface area (Å²) in [6.07, 6.45) is 0. The van der Waals surface area contributed by atoms with Gasteiger partial charge in [0.2, 0.25) is 10.0 Å². The summed E-state index contributed by atoms with van der Waals surface area (Å²) in [7, 11) is -3.66. The number of hydrogen-bond acceptors (Lipinski definition) is 4. The average Bonchev–Trinajstić information content (AvgIpc) is 2.77. The molecule has 108 valence electrons. The Hall–Kier alpha value is -1.70. The molecule has 6 nitrogen and oxygen atoms in total. The second-order valence-corrected chi connectivity index (χ2v) is 6.23. The van der Waals surface area contributed by atoms with Crippen LogP contribution in [-0.4, -0.2) is 25.2 Å². The third-order valence-corrected chi connectivity index (χ3v) is 4.80. The van der Waals surface area contributed by atoms with Crippen LogP contribution in [0.5, 0.6) is 0 Å². The number of nitrogens with zero attached hydrogens (tertiary/aromatic N) is 1. The van der Waals surface area contributed by atoms with Crippen molar-refractivity contribution in [3.63, 3.8) is 0 Å². The van der Waals surface area contributed by atoms with Crippen molar-refractivity contribution in [1.29, 1.82) is 0 Å². The van der Waals surface area contributed by atoms with Crippen LogP contribution >= 0.6 is 0 Å². The fourth-order valence-corrected chi connectivity index (χ4v) is 3.73. The summed E-state index contributed by atoms with van der Waals surface area (Å²) in [4.78, 5) is 0.187. The summed E-state index contributed by atoms with van der Waals surface area (Å²) in [5, 5.41) is 6.59. The summed E-state index contributed by atoms with van der Waals surface area (Å²) in [5.41, 5.74) is 7.48. The van der Waals surface area contributed by atoms with Crippen LogP contribution in [0.15, 0.2) is 35.2 Å². The van der Waals surface area contributed by atoms with Crippen molar-refractivity contribution < 1.29 is 8.42 Å². The van der Waals surface area contributed by atoms with E-state index in [2.05, 4.69) is 14.9 Å². The van der Waals surface area contributed by atoms with Gasteiger partial charge in [-0.25, -0.2) is 13.1 Å². The van der Waals surface area contributed by atoms with Gasteiger partial charge in [0.25, 0.3) is 0 Å². The van der Waals surface area contributed by atoms with E-state index in [0.717, 1.165) is 5.56 Å². The van der Waals surface area contributed by atoms with E-state index in [1.807, 2.05) is 30.3 Å². The zero-order valence-corrected chi connectivity index (χ0v) is 12.2. The Kier molecular flexibility index (Phi) is 4.22. The van der Waals surface area contributed by atoms with Crippen LogP contribution in [0, 0.1) is 13.8 Å². The lowest BCUT2D eigenvalue weighted by Crippen LogP contribution is -2.33. The van der Waals surface area contributed by atoms with E-state index in [0.29, 0.717) is 11.4 Å². The first-order chi connectivity index (χ1) is 9.45. The molecule has 0 aliphatic carbocycles. The summed E-state index contributed by atoms with van der Waals surface area (Å²) >= 11 is 0. The highest BCUT2D eigenvalue weighted by Gasteiger charge is 2.25. The largest absolute Gasteiger partial charge is 0.329 e. The molecule has 0 saturated carbocycles. The van der Waals surface area contributed by atoms with Gasteiger partial charge in [-0.15, -0.1) is 0 Å². The monoisotopic (exact) mass is 294 g/mol. The molecule has 0 bridgehead atoms. The molecule has 20 heavy (non-hydrogen) atoms. The van der Waals surface area contributed by atoms with Gasteiger partial charge in [-0.2, -0.15) is 5.10 Å². The number of hydrogen-bond donors (Lipinski definition) is 3. The molecular weight excluding hydrogens is 276 g/mol. The first-order valence-electron chi connectivity index (χ1n) is 6.24. The average molecular weight is 294 g/mol. The Labute approximate surface area is 118 Å². The van der Waals surface area contributed by atoms with Gasteiger partial charge in [0.05, 0.1) is 17.4 Å². The quantitative estimate of drug-likeness (QED) is 0.766. The number of aromatic nitrogens is 2. The molecule has 2 aromatic rings. The van der Waals surface area contributed by atoms with Gasteiger partial charge in [-0.3, -0.25) is 5.10 Å². The van der Waals surface area contributed by atoms with E-state index >= 15 is 0 Å². The molecule has 0 fully saturated rings. The van der Waals surface area contributed by atoms with E-state index < -0.39 is 16.1 Å². The smallest absolute Gasteiger partial charge is 0.244 e. The summed E-state index contributed by atoms with van der Waals surface area (Å²) in [5.74, 6) is 0. The minimum atomic E-state index is -3.66. The fourth-order valence-electron chi connectivity index (χ4n) is 2.12. The SMILES string of the molecule is Cc1n[nH]c(C)c1S(=O)(=O)NC(CN)c1ccccc1. The molecule has 0 aliphatic rings.